The number of aliphatic hydroxyl groups excluding tert-OH is 4. The van der Waals surface area contributed by atoms with Crippen LogP contribution in [0.1, 0.15) is 58.1 Å². The third kappa shape index (κ3) is 5.53. The van der Waals surface area contributed by atoms with E-state index in [1.807, 2.05) is 24.3 Å². The summed E-state index contributed by atoms with van der Waals surface area (Å²) in [6.07, 6.45) is 4.03. The summed E-state index contributed by atoms with van der Waals surface area (Å²) >= 11 is 0. The Labute approximate surface area is 189 Å². The van der Waals surface area contributed by atoms with Gasteiger partial charge in [0.2, 0.25) is 6.29 Å². The molecule has 0 radical (unpaired) electrons. The second-order valence-corrected chi connectivity index (χ2v) is 9.16. The van der Waals surface area contributed by atoms with Crippen molar-refractivity contribution in [3.05, 3.63) is 41.0 Å². The van der Waals surface area contributed by atoms with Gasteiger partial charge in [0.25, 0.3) is 0 Å². The molecule has 0 bridgehead atoms. The van der Waals surface area contributed by atoms with Crippen LogP contribution >= 0.6 is 0 Å². The van der Waals surface area contributed by atoms with Gasteiger partial charge in [-0.2, -0.15) is 0 Å². The van der Waals surface area contributed by atoms with Crippen LogP contribution in [0.15, 0.2) is 29.9 Å². The highest BCUT2D eigenvalue weighted by Crippen LogP contribution is 2.41. The number of fused-ring (bicyclic) bond motifs is 1. The summed E-state index contributed by atoms with van der Waals surface area (Å²) in [7, 11) is 0. The molecule has 2 aliphatic heterocycles. The van der Waals surface area contributed by atoms with Gasteiger partial charge in [0, 0.05) is 0 Å². The molecule has 2 aliphatic rings. The molecule has 7 heteroatoms. The first-order chi connectivity index (χ1) is 15.2. The average molecular weight is 449 g/mol. The Hall–Kier alpha value is -1.90. The molecule has 0 spiro atoms. The van der Waals surface area contributed by atoms with Gasteiger partial charge in [-0.15, -0.1) is 0 Å². The molecule has 0 saturated carbocycles. The van der Waals surface area contributed by atoms with E-state index < -0.39 is 42.9 Å². The number of hydrogen-bond acceptors (Lipinski definition) is 7. The second kappa shape index (κ2) is 10.4. The number of aliphatic hydroxyl groups is 4. The van der Waals surface area contributed by atoms with Crippen molar-refractivity contribution in [2.24, 2.45) is 5.92 Å². The molecule has 1 aromatic rings. The summed E-state index contributed by atoms with van der Waals surface area (Å²) in [6, 6.07) is 3.91. The number of rotatable bonds is 8. The Morgan fingerprint density at radius 1 is 1.19 bits per heavy atom. The van der Waals surface area contributed by atoms with Crippen LogP contribution in [-0.2, 0) is 11.2 Å². The summed E-state index contributed by atoms with van der Waals surface area (Å²) < 4.78 is 17.8. The van der Waals surface area contributed by atoms with Gasteiger partial charge in [0.05, 0.1) is 24.2 Å². The van der Waals surface area contributed by atoms with E-state index in [0.29, 0.717) is 11.5 Å². The quantitative estimate of drug-likeness (QED) is 0.453. The van der Waals surface area contributed by atoms with Crippen LogP contribution in [0.4, 0.5) is 0 Å². The monoisotopic (exact) mass is 448 g/mol. The van der Waals surface area contributed by atoms with Crippen LogP contribution < -0.4 is 9.47 Å². The van der Waals surface area contributed by atoms with Crippen molar-refractivity contribution in [2.45, 2.75) is 83.8 Å². The van der Waals surface area contributed by atoms with Crippen molar-refractivity contribution in [1.82, 2.24) is 0 Å². The van der Waals surface area contributed by atoms with Crippen molar-refractivity contribution >= 4 is 6.08 Å². The molecule has 1 fully saturated rings. The summed E-state index contributed by atoms with van der Waals surface area (Å²) in [5, 5.41) is 39.8. The summed E-state index contributed by atoms with van der Waals surface area (Å²) in [4.78, 5) is 0. The normalized spacial score (nSPS) is 31.6. The first-order valence-corrected chi connectivity index (χ1v) is 11.3. The number of benzene rings is 1. The fraction of sp³-hybridized carbons (Fsp3) is 0.600. The minimum atomic E-state index is -1.61. The molecular formula is C25H36O7. The van der Waals surface area contributed by atoms with Crippen LogP contribution in [0.2, 0.25) is 0 Å². The lowest BCUT2D eigenvalue weighted by Gasteiger charge is -2.40. The van der Waals surface area contributed by atoms with Gasteiger partial charge in [-0.3, -0.25) is 0 Å². The zero-order valence-electron chi connectivity index (χ0n) is 19.3. The fourth-order valence-electron chi connectivity index (χ4n) is 4.10. The van der Waals surface area contributed by atoms with E-state index in [9.17, 15) is 20.4 Å². The molecule has 4 N–H and O–H groups in total. The molecule has 0 aromatic heterocycles. The second-order valence-electron chi connectivity index (χ2n) is 9.16. The standard InChI is InChI=1S/C25H36O7/c1-5-7-16-12-19(30-24-18(14-26)21(27)22(28)23(29)31-24)17-9-11-25(4,32-20(17)13-16)10-6-8-15(2)3/h8-9,11-13,18,21-24,26-29H,5-7,10,14H2,1-4H3/t18-,21-,22+,23+,24?,25?/m1/s1. The molecule has 3 rings (SSSR count). The van der Waals surface area contributed by atoms with Crippen molar-refractivity contribution in [1.29, 1.82) is 0 Å². The van der Waals surface area contributed by atoms with E-state index in [4.69, 9.17) is 14.2 Å². The highest BCUT2D eigenvalue weighted by atomic mass is 16.7. The number of allylic oxidation sites excluding steroid dienone is 2. The summed E-state index contributed by atoms with van der Waals surface area (Å²) in [5.41, 5.74) is 2.59. The topological polar surface area (TPSA) is 109 Å². The average Bonchev–Trinajstić information content (AvgIpc) is 2.72. The number of aryl methyl sites for hydroxylation is 1. The Balaban J connectivity index is 1.90. The molecule has 1 aromatic carbocycles. The van der Waals surface area contributed by atoms with Gasteiger partial charge < -0.3 is 34.6 Å². The fourth-order valence-corrected chi connectivity index (χ4v) is 4.10. The van der Waals surface area contributed by atoms with E-state index in [2.05, 4.69) is 33.8 Å². The summed E-state index contributed by atoms with van der Waals surface area (Å²) in [6.45, 7) is 7.83. The Morgan fingerprint density at radius 3 is 2.59 bits per heavy atom. The molecule has 2 unspecified atom stereocenters. The Kier molecular flexibility index (Phi) is 8.01. The highest BCUT2D eigenvalue weighted by Gasteiger charge is 2.45. The largest absolute Gasteiger partial charge is 0.483 e. The van der Waals surface area contributed by atoms with Crippen LogP contribution in [-0.4, -0.2) is 57.4 Å². The van der Waals surface area contributed by atoms with E-state index in [-0.39, 0.29) is 0 Å². The molecule has 7 nitrogen and oxygen atoms in total. The maximum atomic E-state index is 10.3. The van der Waals surface area contributed by atoms with Crippen molar-refractivity contribution in [2.75, 3.05) is 6.61 Å². The number of hydrogen-bond donors (Lipinski definition) is 4. The molecular weight excluding hydrogens is 412 g/mol. The van der Waals surface area contributed by atoms with E-state index in [0.717, 1.165) is 36.8 Å². The highest BCUT2D eigenvalue weighted by molar-refractivity contribution is 5.68. The van der Waals surface area contributed by atoms with Gasteiger partial charge in [-0.05, 0) is 69.9 Å². The molecule has 6 atom stereocenters. The maximum absolute atomic E-state index is 10.3. The maximum Gasteiger partial charge on any atom is 0.210 e. The molecule has 32 heavy (non-hydrogen) atoms. The van der Waals surface area contributed by atoms with Gasteiger partial charge in [-0.1, -0.05) is 25.0 Å². The zero-order chi connectivity index (χ0) is 23.5. The first kappa shape index (κ1) is 24.7. The van der Waals surface area contributed by atoms with Gasteiger partial charge >= 0.3 is 0 Å². The molecule has 1 saturated heterocycles. The van der Waals surface area contributed by atoms with E-state index in [1.165, 1.54) is 5.57 Å². The Morgan fingerprint density at radius 2 is 1.94 bits per heavy atom. The zero-order valence-corrected chi connectivity index (χ0v) is 19.3. The van der Waals surface area contributed by atoms with Crippen molar-refractivity contribution in [3.63, 3.8) is 0 Å². The summed E-state index contributed by atoms with van der Waals surface area (Å²) in [5.74, 6) is 0.264. The predicted molar refractivity (Wildman–Crippen MR) is 121 cm³/mol. The van der Waals surface area contributed by atoms with E-state index in [1.54, 1.807) is 0 Å². The van der Waals surface area contributed by atoms with Gasteiger partial charge in [-0.25, -0.2) is 0 Å². The van der Waals surface area contributed by atoms with Crippen LogP contribution in [0.25, 0.3) is 6.08 Å². The van der Waals surface area contributed by atoms with Crippen molar-refractivity contribution < 1.29 is 34.6 Å². The minimum Gasteiger partial charge on any atom is -0.483 e. The molecule has 0 amide bonds. The lowest BCUT2D eigenvalue weighted by atomic mass is 9.93. The van der Waals surface area contributed by atoms with Crippen LogP contribution in [0, 0.1) is 5.92 Å². The smallest absolute Gasteiger partial charge is 0.210 e. The molecule has 0 aliphatic carbocycles. The first-order valence-electron chi connectivity index (χ1n) is 11.3. The third-order valence-corrected chi connectivity index (χ3v) is 6.00. The predicted octanol–water partition coefficient (Wildman–Crippen LogP) is 2.93. The van der Waals surface area contributed by atoms with Crippen LogP contribution in [0.3, 0.4) is 0 Å². The lowest BCUT2D eigenvalue weighted by Crippen LogP contribution is -2.57. The SMILES string of the molecule is CCCc1cc(OC2O[C@H](O)[C@@H](O)[C@H](O)[C@H]2CO)c2c(c1)OC(C)(CCC=C(C)C)C=C2. The van der Waals surface area contributed by atoms with Gasteiger partial charge in [0.15, 0.2) is 6.29 Å². The van der Waals surface area contributed by atoms with E-state index >= 15 is 0 Å². The van der Waals surface area contributed by atoms with Crippen LogP contribution in [0.5, 0.6) is 11.5 Å². The van der Waals surface area contributed by atoms with Crippen molar-refractivity contribution in [3.8, 4) is 11.5 Å². The Bertz CT molecular complexity index is 845. The molecule has 178 valence electrons. The number of ether oxygens (including phenoxy) is 3. The molecule has 2 heterocycles. The van der Waals surface area contributed by atoms with Gasteiger partial charge in [0.1, 0.15) is 23.2 Å². The lowest BCUT2D eigenvalue weighted by molar-refractivity contribution is -0.312. The minimum absolute atomic E-state index is 0.452. The third-order valence-electron chi connectivity index (χ3n) is 6.00.